The van der Waals surface area contributed by atoms with Crippen molar-refractivity contribution in [3.63, 3.8) is 0 Å². The van der Waals surface area contributed by atoms with Crippen molar-refractivity contribution >= 4 is 40.7 Å². The number of carbonyl (C=O) groups is 2. The van der Waals surface area contributed by atoms with E-state index in [0.29, 0.717) is 48.2 Å². The van der Waals surface area contributed by atoms with E-state index >= 15 is 0 Å². The number of carbonyl (C=O) groups excluding carboxylic acids is 1. The Bertz CT molecular complexity index is 1470. The number of carboxylic acid groups (broad SMARTS) is 1. The molecule has 0 spiro atoms. The molecule has 5 rings (SSSR count). The molecule has 1 aromatic heterocycles. The fourth-order valence-electron chi connectivity index (χ4n) is 6.45. The van der Waals surface area contributed by atoms with Gasteiger partial charge in [-0.3, -0.25) is 19.6 Å². The molecule has 2 N–H and O–H groups in total. The maximum atomic E-state index is 14.7. The number of benzene rings is 1. The predicted molar refractivity (Wildman–Crippen MR) is 171 cm³/mol. The zero-order chi connectivity index (χ0) is 32.5. The van der Waals surface area contributed by atoms with E-state index < -0.39 is 29.2 Å². The summed E-state index contributed by atoms with van der Waals surface area (Å²) in [6, 6.07) is 3.71. The highest BCUT2D eigenvalue weighted by molar-refractivity contribution is 7.11. The second kappa shape index (κ2) is 13.8. The quantitative estimate of drug-likeness (QED) is 0.236. The second-order valence-corrected chi connectivity index (χ2v) is 14.0. The van der Waals surface area contributed by atoms with Gasteiger partial charge in [0.1, 0.15) is 18.1 Å². The third-order valence-electron chi connectivity index (χ3n) is 8.64. The number of ether oxygens (including phenoxy) is 2. The largest absolute Gasteiger partial charge is 0.481 e. The molecule has 3 aliphatic rings. The van der Waals surface area contributed by atoms with E-state index in [9.17, 15) is 19.1 Å². The third kappa shape index (κ3) is 7.57. The van der Waals surface area contributed by atoms with Gasteiger partial charge < -0.3 is 19.9 Å². The number of amidine groups is 1. The number of thiazole rings is 1. The zero-order valence-electron chi connectivity index (χ0n) is 26.3. The Morgan fingerprint density at radius 2 is 2.09 bits per heavy atom. The summed E-state index contributed by atoms with van der Waals surface area (Å²) in [5.74, 6) is -1.32. The number of nitrogens with zero attached hydrogens (tertiary/aromatic N) is 4. The van der Waals surface area contributed by atoms with Crippen LogP contribution in [-0.2, 0) is 19.1 Å². The fourth-order valence-corrected chi connectivity index (χ4v) is 7.27. The van der Waals surface area contributed by atoms with Crippen LogP contribution in [0, 0.1) is 17.2 Å². The van der Waals surface area contributed by atoms with Crippen molar-refractivity contribution < 1.29 is 28.6 Å². The summed E-state index contributed by atoms with van der Waals surface area (Å²) in [7, 11) is 0. The van der Waals surface area contributed by atoms with Crippen LogP contribution in [0.2, 0.25) is 5.02 Å². The molecule has 5 atom stereocenters. The predicted octanol–water partition coefficient (Wildman–Crippen LogP) is 5.10. The van der Waals surface area contributed by atoms with Crippen LogP contribution in [0.25, 0.3) is 0 Å². The zero-order valence-corrected chi connectivity index (χ0v) is 27.8. The van der Waals surface area contributed by atoms with Crippen LogP contribution < -0.4 is 5.32 Å². The molecule has 0 aliphatic carbocycles. The van der Waals surface area contributed by atoms with Crippen LogP contribution in [0.1, 0.15) is 64.1 Å². The molecular formula is C32H41ClFN5O5S. The van der Waals surface area contributed by atoms with E-state index in [-0.39, 0.29) is 41.5 Å². The molecule has 1 aromatic carbocycles. The molecule has 45 heavy (non-hydrogen) atoms. The molecule has 4 heterocycles. The Morgan fingerprint density at radius 3 is 2.73 bits per heavy atom. The third-order valence-corrected chi connectivity index (χ3v) is 9.82. The molecule has 3 unspecified atom stereocenters. The van der Waals surface area contributed by atoms with Gasteiger partial charge in [-0.2, -0.15) is 0 Å². The van der Waals surface area contributed by atoms with E-state index in [1.54, 1.807) is 39.1 Å². The maximum Gasteiger partial charge on any atom is 0.338 e. The van der Waals surface area contributed by atoms with Crippen LogP contribution in [-0.4, -0.2) is 88.8 Å². The summed E-state index contributed by atoms with van der Waals surface area (Å²) < 4.78 is 26.1. The first kappa shape index (κ1) is 33.5. The highest BCUT2D eigenvalue weighted by Crippen LogP contribution is 2.38. The Kier molecular flexibility index (Phi) is 10.3. The summed E-state index contributed by atoms with van der Waals surface area (Å²) in [5.41, 5.74) is 0.415. The minimum Gasteiger partial charge on any atom is -0.481 e. The van der Waals surface area contributed by atoms with E-state index in [2.05, 4.69) is 33.9 Å². The number of aliphatic imine (C=N–C) groups is 1. The summed E-state index contributed by atoms with van der Waals surface area (Å²) >= 11 is 7.87. The standard InChI is InChI=1S/C32H41ClFN5O5S/c1-6-43-30(40)24-23(36-27(28-35-10-13-45-28)37-26(24)21-8-7-9-22(34)25(21)33)17-38-11-12-39(29-19(3)44-29)20(16-38)14-18(2)15-32(4,5)31(41)42/h7-10,13,18-20,26,29H,6,11-12,14-17H2,1-5H3,(H,36,37)(H,41,42)/t18?,19?,20-,26+,29?/m1/s1. The Balaban J connectivity index is 1.47. The van der Waals surface area contributed by atoms with Gasteiger partial charge in [-0.25, -0.2) is 14.2 Å². The maximum absolute atomic E-state index is 14.7. The van der Waals surface area contributed by atoms with Gasteiger partial charge >= 0.3 is 11.9 Å². The van der Waals surface area contributed by atoms with Crippen LogP contribution in [0.4, 0.5) is 4.39 Å². The summed E-state index contributed by atoms with van der Waals surface area (Å²) in [6.45, 7) is 12.1. The topological polar surface area (TPSA) is 120 Å². The number of nitrogens with one attached hydrogen (secondary N) is 1. The van der Waals surface area contributed by atoms with E-state index in [1.807, 2.05) is 5.38 Å². The first-order chi connectivity index (χ1) is 21.4. The van der Waals surface area contributed by atoms with Crippen molar-refractivity contribution in [2.24, 2.45) is 16.3 Å². The molecule has 0 amide bonds. The lowest BCUT2D eigenvalue weighted by atomic mass is 9.81. The fraction of sp³-hybridized carbons (Fsp3) is 0.562. The van der Waals surface area contributed by atoms with Crippen LogP contribution >= 0.6 is 22.9 Å². The molecule has 0 bridgehead atoms. The number of aromatic nitrogens is 1. The lowest BCUT2D eigenvalue weighted by Crippen LogP contribution is -2.56. The van der Waals surface area contributed by atoms with Gasteiger partial charge in [0.15, 0.2) is 10.8 Å². The molecular weight excluding hydrogens is 621 g/mol. The van der Waals surface area contributed by atoms with Crippen molar-refractivity contribution in [1.82, 2.24) is 20.1 Å². The van der Waals surface area contributed by atoms with Crippen molar-refractivity contribution in [2.75, 3.05) is 32.8 Å². The molecule has 0 saturated carbocycles. The summed E-state index contributed by atoms with van der Waals surface area (Å²) in [5, 5.41) is 15.5. The Morgan fingerprint density at radius 1 is 1.33 bits per heavy atom. The molecule has 3 aliphatic heterocycles. The molecule has 2 fully saturated rings. The highest BCUT2D eigenvalue weighted by Gasteiger charge is 2.46. The van der Waals surface area contributed by atoms with Crippen LogP contribution in [0.5, 0.6) is 0 Å². The second-order valence-electron chi connectivity index (χ2n) is 12.7. The normalized spacial score (nSPS) is 25.0. The highest BCUT2D eigenvalue weighted by atomic mass is 35.5. The molecule has 244 valence electrons. The average molecular weight is 662 g/mol. The Labute approximate surface area is 272 Å². The lowest BCUT2D eigenvalue weighted by Gasteiger charge is -2.43. The van der Waals surface area contributed by atoms with Gasteiger partial charge in [0.05, 0.1) is 28.7 Å². The molecule has 2 aromatic rings. The van der Waals surface area contributed by atoms with Gasteiger partial charge in [-0.05, 0) is 52.5 Å². The smallest absolute Gasteiger partial charge is 0.338 e. The SMILES string of the molecule is CCOC(=O)C1=C(CN2CCN(C3OC3C)[C@H](CC(C)CC(C)(C)C(=O)O)C2)NC(c2nccs2)=N[C@H]1c1cccc(F)c1Cl. The van der Waals surface area contributed by atoms with E-state index in [4.69, 9.17) is 26.1 Å². The average Bonchev–Trinajstić information content (AvgIpc) is 3.44. The minimum atomic E-state index is -0.904. The van der Waals surface area contributed by atoms with Crippen molar-refractivity contribution in [3.8, 4) is 0 Å². The lowest BCUT2D eigenvalue weighted by molar-refractivity contribution is -0.148. The number of epoxide rings is 1. The van der Waals surface area contributed by atoms with Gasteiger partial charge in [0.2, 0.25) is 0 Å². The number of halogens is 2. The number of esters is 1. The monoisotopic (exact) mass is 661 g/mol. The van der Waals surface area contributed by atoms with Crippen molar-refractivity contribution in [3.05, 3.63) is 62.5 Å². The van der Waals surface area contributed by atoms with Gasteiger partial charge in [0.25, 0.3) is 0 Å². The number of piperazine rings is 1. The molecule has 13 heteroatoms. The summed E-state index contributed by atoms with van der Waals surface area (Å²) in [6.07, 6.45) is 3.22. The van der Waals surface area contributed by atoms with E-state index in [0.717, 1.165) is 13.0 Å². The number of aliphatic carboxylic acids is 1. The van der Waals surface area contributed by atoms with Gasteiger partial charge in [0, 0.05) is 55.1 Å². The first-order valence-corrected chi connectivity index (χ1v) is 16.6. The number of rotatable bonds is 12. The van der Waals surface area contributed by atoms with Gasteiger partial charge in [-0.15, -0.1) is 11.3 Å². The molecule has 0 radical (unpaired) electrons. The molecule has 2 saturated heterocycles. The Hall–Kier alpha value is -2.90. The first-order valence-electron chi connectivity index (χ1n) is 15.3. The number of carboxylic acids is 1. The van der Waals surface area contributed by atoms with E-state index in [1.165, 1.54) is 17.4 Å². The molecule has 10 nitrogen and oxygen atoms in total. The van der Waals surface area contributed by atoms with Crippen LogP contribution in [0.15, 0.2) is 46.0 Å². The number of hydrogen-bond acceptors (Lipinski definition) is 10. The minimum absolute atomic E-state index is 0.0436. The van der Waals surface area contributed by atoms with Crippen molar-refractivity contribution in [2.45, 2.75) is 71.9 Å². The van der Waals surface area contributed by atoms with Crippen LogP contribution in [0.3, 0.4) is 0 Å². The van der Waals surface area contributed by atoms with Crippen molar-refractivity contribution in [1.29, 1.82) is 0 Å². The summed E-state index contributed by atoms with van der Waals surface area (Å²) in [4.78, 5) is 39.3. The van der Waals surface area contributed by atoms with Gasteiger partial charge in [-0.1, -0.05) is 30.7 Å². The number of hydrogen-bond donors (Lipinski definition) is 2.